The van der Waals surface area contributed by atoms with Gasteiger partial charge in [0.25, 0.3) is 5.56 Å². The maximum atomic E-state index is 11.9. The highest BCUT2D eigenvalue weighted by atomic mass is 16.1. The fourth-order valence-electron chi connectivity index (χ4n) is 1.95. The van der Waals surface area contributed by atoms with Gasteiger partial charge in [0.05, 0.1) is 16.6 Å². The van der Waals surface area contributed by atoms with Gasteiger partial charge in [-0.1, -0.05) is 12.1 Å². The molecule has 0 aliphatic carbocycles. The Bertz CT molecular complexity index is 752. The van der Waals surface area contributed by atoms with E-state index in [9.17, 15) is 4.79 Å². The first-order chi connectivity index (χ1) is 7.68. The molecule has 16 heavy (non-hydrogen) atoms. The normalized spacial score (nSPS) is 11.4. The number of rotatable bonds is 0. The van der Waals surface area contributed by atoms with Gasteiger partial charge in [-0.05, 0) is 26.0 Å². The standard InChI is InChI=1S/C12H11N3O/c1-7-8(2)14-15-10-6-4-3-5-9(10)12(16)13-11(7)15/h3-6H,1-2H3,(H,13,16). The van der Waals surface area contributed by atoms with Gasteiger partial charge in [-0.25, -0.2) is 4.52 Å². The van der Waals surface area contributed by atoms with E-state index in [0.29, 0.717) is 5.39 Å². The van der Waals surface area contributed by atoms with Crippen LogP contribution < -0.4 is 5.56 Å². The average molecular weight is 213 g/mol. The Balaban J connectivity index is 2.69. The molecule has 0 aliphatic heterocycles. The van der Waals surface area contributed by atoms with Crippen LogP contribution in [0.1, 0.15) is 11.3 Å². The summed E-state index contributed by atoms with van der Waals surface area (Å²) in [5.41, 5.74) is 3.51. The monoisotopic (exact) mass is 213 g/mol. The third kappa shape index (κ3) is 1.04. The molecule has 0 fully saturated rings. The van der Waals surface area contributed by atoms with Crippen molar-refractivity contribution >= 4 is 16.6 Å². The number of fused-ring (bicyclic) bond motifs is 3. The second-order valence-electron chi connectivity index (χ2n) is 3.94. The zero-order valence-corrected chi connectivity index (χ0v) is 9.11. The third-order valence-corrected chi connectivity index (χ3v) is 2.97. The van der Waals surface area contributed by atoms with Crippen molar-refractivity contribution in [3.8, 4) is 0 Å². The van der Waals surface area contributed by atoms with Gasteiger partial charge in [-0.15, -0.1) is 0 Å². The predicted octanol–water partition coefficient (Wildman–Crippen LogP) is 1.79. The molecule has 80 valence electrons. The number of nitrogens with one attached hydrogen (secondary N) is 1. The first-order valence-corrected chi connectivity index (χ1v) is 5.15. The number of H-pyrrole nitrogens is 1. The fraction of sp³-hybridized carbons (Fsp3) is 0.167. The van der Waals surface area contributed by atoms with Crippen LogP contribution in [-0.2, 0) is 0 Å². The zero-order valence-electron chi connectivity index (χ0n) is 9.11. The van der Waals surface area contributed by atoms with Crippen LogP contribution in [0.2, 0.25) is 0 Å². The summed E-state index contributed by atoms with van der Waals surface area (Å²) in [6.07, 6.45) is 0. The molecule has 0 amide bonds. The van der Waals surface area contributed by atoms with Crippen molar-refractivity contribution in [2.24, 2.45) is 0 Å². The first kappa shape index (κ1) is 9.15. The Morgan fingerprint density at radius 1 is 1.25 bits per heavy atom. The molecule has 4 nitrogen and oxygen atoms in total. The molecular formula is C12H11N3O. The molecule has 0 spiro atoms. The summed E-state index contributed by atoms with van der Waals surface area (Å²) in [6.45, 7) is 3.90. The third-order valence-electron chi connectivity index (χ3n) is 2.97. The van der Waals surface area contributed by atoms with Crippen molar-refractivity contribution in [3.05, 3.63) is 45.9 Å². The van der Waals surface area contributed by atoms with Gasteiger partial charge in [0.15, 0.2) is 0 Å². The summed E-state index contributed by atoms with van der Waals surface area (Å²) in [5.74, 6) is 0. The molecule has 3 rings (SSSR count). The van der Waals surface area contributed by atoms with E-state index in [1.807, 2.05) is 32.0 Å². The van der Waals surface area contributed by atoms with Crippen LogP contribution in [0.4, 0.5) is 0 Å². The number of hydrogen-bond donors (Lipinski definition) is 1. The minimum absolute atomic E-state index is 0.0638. The SMILES string of the molecule is Cc1nn2c([nH]c(=O)c3ccccc32)c1C. The van der Waals surface area contributed by atoms with E-state index in [4.69, 9.17) is 0 Å². The Morgan fingerprint density at radius 2 is 2.00 bits per heavy atom. The summed E-state index contributed by atoms with van der Waals surface area (Å²) < 4.78 is 1.79. The molecular weight excluding hydrogens is 202 g/mol. The van der Waals surface area contributed by atoms with E-state index in [1.165, 1.54) is 0 Å². The number of hydrogen-bond acceptors (Lipinski definition) is 2. The largest absolute Gasteiger partial charge is 0.306 e. The topological polar surface area (TPSA) is 50.2 Å². The Morgan fingerprint density at radius 3 is 2.81 bits per heavy atom. The molecule has 0 bridgehead atoms. The number of aryl methyl sites for hydroxylation is 2. The Kier molecular flexibility index (Phi) is 1.68. The summed E-state index contributed by atoms with van der Waals surface area (Å²) in [6, 6.07) is 7.48. The summed E-state index contributed by atoms with van der Waals surface area (Å²) in [5, 5.41) is 5.09. The molecule has 1 aromatic carbocycles. The molecule has 4 heteroatoms. The fourth-order valence-corrected chi connectivity index (χ4v) is 1.95. The second-order valence-corrected chi connectivity index (χ2v) is 3.94. The van der Waals surface area contributed by atoms with Crippen molar-refractivity contribution in [1.82, 2.24) is 14.6 Å². The molecule has 0 aliphatic rings. The molecule has 1 N–H and O–H groups in total. The Labute approximate surface area is 91.5 Å². The van der Waals surface area contributed by atoms with Crippen LogP contribution in [0.5, 0.6) is 0 Å². The van der Waals surface area contributed by atoms with Crippen molar-refractivity contribution in [2.75, 3.05) is 0 Å². The molecule has 0 saturated heterocycles. The Hall–Kier alpha value is -2.10. The maximum Gasteiger partial charge on any atom is 0.259 e. The van der Waals surface area contributed by atoms with Gasteiger partial charge in [0.2, 0.25) is 0 Å². The lowest BCUT2D eigenvalue weighted by atomic mass is 10.2. The van der Waals surface area contributed by atoms with Gasteiger partial charge in [0, 0.05) is 5.56 Å². The average Bonchev–Trinajstić information content (AvgIpc) is 2.57. The van der Waals surface area contributed by atoms with Gasteiger partial charge in [-0.3, -0.25) is 4.79 Å². The van der Waals surface area contributed by atoms with Crippen LogP contribution in [0.15, 0.2) is 29.1 Å². The summed E-state index contributed by atoms with van der Waals surface area (Å²) in [4.78, 5) is 14.7. The highest BCUT2D eigenvalue weighted by Gasteiger charge is 2.09. The predicted molar refractivity (Wildman–Crippen MR) is 62.8 cm³/mol. The van der Waals surface area contributed by atoms with E-state index in [1.54, 1.807) is 10.6 Å². The van der Waals surface area contributed by atoms with Crippen molar-refractivity contribution in [1.29, 1.82) is 0 Å². The lowest BCUT2D eigenvalue weighted by molar-refractivity contribution is 0.951. The first-order valence-electron chi connectivity index (χ1n) is 5.15. The second kappa shape index (κ2) is 2.95. The van der Waals surface area contributed by atoms with Crippen molar-refractivity contribution in [3.63, 3.8) is 0 Å². The maximum absolute atomic E-state index is 11.9. The van der Waals surface area contributed by atoms with Gasteiger partial charge in [0.1, 0.15) is 5.65 Å². The minimum Gasteiger partial charge on any atom is -0.306 e. The molecule has 3 aromatic rings. The molecule has 2 heterocycles. The molecule has 0 saturated carbocycles. The van der Waals surface area contributed by atoms with E-state index in [0.717, 1.165) is 22.4 Å². The number of aromatic nitrogens is 3. The van der Waals surface area contributed by atoms with E-state index in [-0.39, 0.29) is 5.56 Å². The van der Waals surface area contributed by atoms with Crippen LogP contribution in [0, 0.1) is 13.8 Å². The van der Waals surface area contributed by atoms with Gasteiger partial charge in [-0.2, -0.15) is 5.10 Å². The quantitative estimate of drug-likeness (QED) is 0.619. The highest BCUT2D eigenvalue weighted by Crippen LogP contribution is 2.15. The molecule has 0 radical (unpaired) electrons. The smallest absolute Gasteiger partial charge is 0.259 e. The van der Waals surface area contributed by atoms with Crippen LogP contribution in [-0.4, -0.2) is 14.6 Å². The molecule has 2 aromatic heterocycles. The highest BCUT2D eigenvalue weighted by molar-refractivity contribution is 5.80. The minimum atomic E-state index is -0.0638. The molecule has 0 unspecified atom stereocenters. The zero-order chi connectivity index (χ0) is 11.3. The van der Waals surface area contributed by atoms with E-state index >= 15 is 0 Å². The number of aromatic amines is 1. The van der Waals surface area contributed by atoms with Crippen LogP contribution >= 0.6 is 0 Å². The van der Waals surface area contributed by atoms with Crippen molar-refractivity contribution in [2.45, 2.75) is 13.8 Å². The van der Waals surface area contributed by atoms with Crippen molar-refractivity contribution < 1.29 is 0 Å². The number of nitrogens with zero attached hydrogens (tertiary/aromatic N) is 2. The number of benzene rings is 1. The lowest BCUT2D eigenvalue weighted by Gasteiger charge is -2.00. The van der Waals surface area contributed by atoms with E-state index < -0.39 is 0 Å². The van der Waals surface area contributed by atoms with E-state index in [2.05, 4.69) is 10.1 Å². The number of para-hydroxylation sites is 1. The molecule has 0 atom stereocenters. The summed E-state index contributed by atoms with van der Waals surface area (Å²) in [7, 11) is 0. The lowest BCUT2D eigenvalue weighted by Crippen LogP contribution is -2.10. The van der Waals surface area contributed by atoms with Gasteiger partial charge >= 0.3 is 0 Å². The summed E-state index contributed by atoms with van der Waals surface area (Å²) >= 11 is 0. The van der Waals surface area contributed by atoms with Crippen LogP contribution in [0.3, 0.4) is 0 Å². The van der Waals surface area contributed by atoms with Gasteiger partial charge < -0.3 is 4.98 Å². The van der Waals surface area contributed by atoms with Crippen LogP contribution in [0.25, 0.3) is 16.6 Å².